The Labute approximate surface area is 142 Å². The monoisotopic (exact) mass is 353 g/mol. The molecule has 23 heavy (non-hydrogen) atoms. The first-order valence-electron chi connectivity index (χ1n) is 6.61. The average Bonchev–Trinajstić information content (AvgIpc) is 2.51. The lowest BCUT2D eigenvalue weighted by atomic mass is 10.1. The molecule has 0 radical (unpaired) electrons. The van der Waals surface area contributed by atoms with Gasteiger partial charge < -0.3 is 15.2 Å². The third-order valence-electron chi connectivity index (χ3n) is 2.85. The Balaban J connectivity index is 1.89. The number of benzene rings is 2. The van der Waals surface area contributed by atoms with E-state index in [4.69, 9.17) is 33.0 Å². The van der Waals surface area contributed by atoms with E-state index in [2.05, 4.69) is 5.32 Å². The number of carbonyl (C=O) groups excluding carboxylic acids is 2. The number of ether oxygens (including phenoxy) is 1. The number of esters is 1. The van der Waals surface area contributed by atoms with Crippen molar-refractivity contribution in [2.75, 3.05) is 11.9 Å². The average molecular weight is 354 g/mol. The molecule has 0 fully saturated rings. The Hall–Kier alpha value is -2.08. The van der Waals surface area contributed by atoms with Crippen molar-refractivity contribution >= 4 is 40.8 Å². The maximum absolute atomic E-state index is 11.8. The largest absolute Gasteiger partial charge is 0.452 e. The third kappa shape index (κ3) is 5.25. The smallest absolute Gasteiger partial charge is 0.338 e. The number of nitrogens with one attached hydrogen (secondary N) is 1. The molecule has 1 amide bonds. The molecule has 2 rings (SSSR count). The molecule has 0 aliphatic carbocycles. The van der Waals surface area contributed by atoms with Crippen LogP contribution in [0, 0.1) is 0 Å². The van der Waals surface area contributed by atoms with Gasteiger partial charge >= 0.3 is 5.97 Å². The number of hydrogen-bond donors (Lipinski definition) is 2. The van der Waals surface area contributed by atoms with Gasteiger partial charge in [-0.2, -0.15) is 0 Å². The van der Waals surface area contributed by atoms with Gasteiger partial charge in [-0.1, -0.05) is 35.3 Å². The fraction of sp³-hybridized carbons (Fsp3) is 0.125. The van der Waals surface area contributed by atoms with Gasteiger partial charge in [0.05, 0.1) is 12.2 Å². The quantitative estimate of drug-likeness (QED) is 0.808. The van der Waals surface area contributed by atoms with Crippen LogP contribution in [-0.2, 0) is 16.1 Å². The van der Waals surface area contributed by atoms with Crippen LogP contribution in [0.2, 0.25) is 10.0 Å². The van der Waals surface area contributed by atoms with E-state index < -0.39 is 18.5 Å². The van der Waals surface area contributed by atoms with Crippen molar-refractivity contribution in [3.05, 3.63) is 63.6 Å². The lowest BCUT2D eigenvalue weighted by Crippen LogP contribution is -2.20. The highest BCUT2D eigenvalue weighted by atomic mass is 35.5. The van der Waals surface area contributed by atoms with Gasteiger partial charge in [-0.05, 0) is 35.9 Å². The normalized spacial score (nSPS) is 10.2. The lowest BCUT2D eigenvalue weighted by molar-refractivity contribution is -0.119. The van der Waals surface area contributed by atoms with E-state index in [9.17, 15) is 9.59 Å². The van der Waals surface area contributed by atoms with E-state index in [0.717, 1.165) is 0 Å². The summed E-state index contributed by atoms with van der Waals surface area (Å²) in [6.45, 7) is -0.551. The Morgan fingerprint density at radius 3 is 2.22 bits per heavy atom. The summed E-state index contributed by atoms with van der Waals surface area (Å²) in [5, 5.41) is 12.2. The number of anilines is 1. The van der Waals surface area contributed by atoms with Crippen molar-refractivity contribution in [2.45, 2.75) is 6.61 Å². The van der Waals surface area contributed by atoms with Crippen molar-refractivity contribution in [2.24, 2.45) is 0 Å². The van der Waals surface area contributed by atoms with Crippen LogP contribution in [0.1, 0.15) is 15.9 Å². The molecular formula is C16H13Cl2NO4. The van der Waals surface area contributed by atoms with Crippen LogP contribution in [-0.4, -0.2) is 23.6 Å². The van der Waals surface area contributed by atoms with Crippen molar-refractivity contribution in [1.82, 2.24) is 0 Å². The van der Waals surface area contributed by atoms with Crippen LogP contribution in [0.25, 0.3) is 0 Å². The molecular weight excluding hydrogens is 341 g/mol. The van der Waals surface area contributed by atoms with Crippen LogP contribution in [0.15, 0.2) is 42.5 Å². The van der Waals surface area contributed by atoms with E-state index in [1.807, 2.05) is 0 Å². The van der Waals surface area contributed by atoms with Gasteiger partial charge in [-0.15, -0.1) is 0 Å². The predicted octanol–water partition coefficient (Wildman–Crippen LogP) is 3.28. The molecule has 7 heteroatoms. The molecule has 0 unspecified atom stereocenters. The van der Waals surface area contributed by atoms with Gasteiger partial charge in [-0.25, -0.2) is 4.79 Å². The van der Waals surface area contributed by atoms with E-state index in [1.54, 1.807) is 12.1 Å². The second-order valence-electron chi connectivity index (χ2n) is 4.64. The number of rotatable bonds is 5. The second kappa shape index (κ2) is 7.97. The summed E-state index contributed by atoms with van der Waals surface area (Å²) in [6, 6.07) is 10.8. The van der Waals surface area contributed by atoms with Crippen LogP contribution < -0.4 is 5.32 Å². The van der Waals surface area contributed by atoms with E-state index >= 15 is 0 Å². The van der Waals surface area contributed by atoms with Crippen LogP contribution in [0.3, 0.4) is 0 Å². The molecule has 2 aromatic rings. The van der Waals surface area contributed by atoms with Gasteiger partial charge in [-0.3, -0.25) is 4.79 Å². The third-order valence-corrected chi connectivity index (χ3v) is 3.29. The number of aliphatic hydroxyl groups is 1. The highest BCUT2D eigenvalue weighted by Gasteiger charge is 2.11. The first-order chi connectivity index (χ1) is 11.0. The molecule has 0 aromatic heterocycles. The van der Waals surface area contributed by atoms with E-state index in [-0.39, 0.29) is 6.61 Å². The molecule has 2 N–H and O–H groups in total. The zero-order valence-electron chi connectivity index (χ0n) is 11.9. The fourth-order valence-electron chi connectivity index (χ4n) is 1.78. The Morgan fingerprint density at radius 1 is 1.04 bits per heavy atom. The lowest BCUT2D eigenvalue weighted by Gasteiger charge is -2.08. The summed E-state index contributed by atoms with van der Waals surface area (Å²) in [4.78, 5) is 23.6. The number of amides is 1. The highest BCUT2D eigenvalue weighted by molar-refractivity contribution is 6.35. The van der Waals surface area contributed by atoms with Crippen molar-refractivity contribution < 1.29 is 19.4 Å². The molecule has 0 bridgehead atoms. The standard InChI is InChI=1S/C16H13Cl2NO4/c17-12-5-13(18)7-14(6-12)19-15(21)9-23-16(22)11-3-1-10(8-20)2-4-11/h1-7,20H,8-9H2,(H,19,21). The number of carbonyl (C=O) groups is 2. The van der Waals surface area contributed by atoms with Crippen molar-refractivity contribution in [1.29, 1.82) is 0 Å². The van der Waals surface area contributed by atoms with Crippen LogP contribution >= 0.6 is 23.2 Å². The Kier molecular flexibility index (Phi) is 5.98. The summed E-state index contributed by atoms with van der Waals surface area (Å²) < 4.78 is 4.92. The Morgan fingerprint density at radius 2 is 1.65 bits per heavy atom. The number of hydrogen-bond acceptors (Lipinski definition) is 4. The minimum absolute atomic E-state index is 0.111. The highest BCUT2D eigenvalue weighted by Crippen LogP contribution is 2.22. The zero-order valence-corrected chi connectivity index (χ0v) is 13.4. The minimum Gasteiger partial charge on any atom is -0.452 e. The first-order valence-corrected chi connectivity index (χ1v) is 7.36. The molecule has 120 valence electrons. The van der Waals surface area contributed by atoms with E-state index in [0.29, 0.717) is 26.9 Å². The summed E-state index contributed by atoms with van der Waals surface area (Å²) in [7, 11) is 0. The van der Waals surface area contributed by atoms with Gasteiger partial charge in [0.1, 0.15) is 0 Å². The second-order valence-corrected chi connectivity index (χ2v) is 5.51. The SMILES string of the molecule is O=C(COC(=O)c1ccc(CO)cc1)Nc1cc(Cl)cc(Cl)c1. The molecule has 0 spiro atoms. The maximum atomic E-state index is 11.8. The fourth-order valence-corrected chi connectivity index (χ4v) is 2.31. The molecule has 0 atom stereocenters. The van der Waals surface area contributed by atoms with Crippen LogP contribution in [0.5, 0.6) is 0 Å². The van der Waals surface area contributed by atoms with Gasteiger partial charge in [0.2, 0.25) is 0 Å². The molecule has 0 heterocycles. The molecule has 0 saturated carbocycles. The molecule has 0 saturated heterocycles. The summed E-state index contributed by atoms with van der Waals surface area (Å²) in [5.74, 6) is -1.14. The van der Waals surface area contributed by atoms with Crippen molar-refractivity contribution in [3.8, 4) is 0 Å². The first kappa shape index (κ1) is 17.3. The molecule has 5 nitrogen and oxygen atoms in total. The number of aliphatic hydroxyl groups excluding tert-OH is 1. The topological polar surface area (TPSA) is 75.6 Å². The maximum Gasteiger partial charge on any atom is 0.338 e. The van der Waals surface area contributed by atoms with Gasteiger partial charge in [0, 0.05) is 15.7 Å². The molecule has 2 aromatic carbocycles. The molecule has 0 aliphatic rings. The van der Waals surface area contributed by atoms with Crippen molar-refractivity contribution in [3.63, 3.8) is 0 Å². The summed E-state index contributed by atoms with van der Waals surface area (Å²) >= 11 is 11.7. The molecule has 0 aliphatic heterocycles. The minimum atomic E-state index is -0.631. The van der Waals surface area contributed by atoms with Crippen LogP contribution in [0.4, 0.5) is 5.69 Å². The Bertz CT molecular complexity index is 696. The number of halogens is 2. The van der Waals surface area contributed by atoms with E-state index in [1.165, 1.54) is 30.3 Å². The summed E-state index contributed by atoms with van der Waals surface area (Å²) in [6.07, 6.45) is 0. The predicted molar refractivity (Wildman–Crippen MR) is 87.7 cm³/mol. The summed E-state index contributed by atoms with van der Waals surface area (Å²) in [5.41, 5.74) is 1.38. The zero-order chi connectivity index (χ0) is 16.8. The van der Waals surface area contributed by atoms with Gasteiger partial charge in [0.25, 0.3) is 5.91 Å². The van der Waals surface area contributed by atoms with Gasteiger partial charge in [0.15, 0.2) is 6.61 Å².